The summed E-state index contributed by atoms with van der Waals surface area (Å²) in [5.41, 5.74) is 1.57. The number of carbonyl (C=O) groups excluding carboxylic acids is 1. The first-order valence-electron chi connectivity index (χ1n) is 7.04. The molecule has 6 nitrogen and oxygen atoms in total. The molecule has 0 radical (unpaired) electrons. The van der Waals surface area contributed by atoms with E-state index in [0.717, 1.165) is 11.3 Å². The molecular weight excluding hydrogens is 316 g/mol. The molecule has 0 aliphatic rings. The zero-order valence-electron chi connectivity index (χ0n) is 12.7. The molecular formula is C16H15ClN4O2. The number of rotatable bonds is 4. The molecule has 2 aromatic heterocycles. The van der Waals surface area contributed by atoms with E-state index in [0.29, 0.717) is 5.65 Å². The Bertz CT molecular complexity index is 845. The van der Waals surface area contributed by atoms with Crippen molar-refractivity contribution in [3.8, 4) is 5.75 Å². The maximum absolute atomic E-state index is 12.4. The summed E-state index contributed by atoms with van der Waals surface area (Å²) in [5, 5.41) is 7.30. The van der Waals surface area contributed by atoms with Crippen molar-refractivity contribution in [2.75, 3.05) is 7.11 Å². The summed E-state index contributed by atoms with van der Waals surface area (Å²) in [5.74, 6) is 0.422. The highest BCUT2D eigenvalue weighted by atomic mass is 35.5. The molecule has 7 heteroatoms. The smallest absolute Gasteiger partial charge is 0.273 e. The van der Waals surface area contributed by atoms with Crippen molar-refractivity contribution in [3.63, 3.8) is 0 Å². The van der Waals surface area contributed by atoms with Crippen LogP contribution in [0.1, 0.15) is 29.0 Å². The van der Waals surface area contributed by atoms with Crippen LogP contribution < -0.4 is 10.1 Å². The van der Waals surface area contributed by atoms with E-state index in [1.807, 2.05) is 31.2 Å². The van der Waals surface area contributed by atoms with Crippen LogP contribution in [0.5, 0.6) is 5.75 Å². The zero-order chi connectivity index (χ0) is 16.4. The van der Waals surface area contributed by atoms with Gasteiger partial charge in [-0.25, -0.2) is 9.50 Å². The number of aromatic nitrogens is 3. The second-order valence-electron chi connectivity index (χ2n) is 5.02. The lowest BCUT2D eigenvalue weighted by Gasteiger charge is -2.14. The van der Waals surface area contributed by atoms with Crippen molar-refractivity contribution < 1.29 is 9.53 Å². The van der Waals surface area contributed by atoms with E-state index >= 15 is 0 Å². The van der Waals surface area contributed by atoms with Gasteiger partial charge in [-0.15, -0.1) is 0 Å². The number of halogens is 1. The Kier molecular flexibility index (Phi) is 4.16. The summed E-state index contributed by atoms with van der Waals surface area (Å²) in [6, 6.07) is 9.02. The Balaban J connectivity index is 1.80. The predicted molar refractivity (Wildman–Crippen MR) is 86.9 cm³/mol. The Labute approximate surface area is 138 Å². The van der Waals surface area contributed by atoms with Crippen LogP contribution >= 0.6 is 11.6 Å². The molecule has 0 fully saturated rings. The van der Waals surface area contributed by atoms with Crippen molar-refractivity contribution in [1.82, 2.24) is 19.9 Å². The molecule has 0 bridgehead atoms. The number of hydrogen-bond donors (Lipinski definition) is 1. The van der Waals surface area contributed by atoms with Gasteiger partial charge in [-0.05, 0) is 30.7 Å². The van der Waals surface area contributed by atoms with Crippen molar-refractivity contribution in [2.24, 2.45) is 0 Å². The highest BCUT2D eigenvalue weighted by molar-refractivity contribution is 6.36. The summed E-state index contributed by atoms with van der Waals surface area (Å²) in [6.07, 6.45) is 3.29. The van der Waals surface area contributed by atoms with E-state index in [4.69, 9.17) is 16.3 Å². The highest BCUT2D eigenvalue weighted by Gasteiger charge is 2.20. The van der Waals surface area contributed by atoms with Crippen molar-refractivity contribution in [2.45, 2.75) is 13.0 Å². The quantitative estimate of drug-likeness (QED) is 0.798. The number of nitrogens with one attached hydrogen (secondary N) is 1. The van der Waals surface area contributed by atoms with Crippen LogP contribution in [0.4, 0.5) is 0 Å². The topological polar surface area (TPSA) is 68.5 Å². The van der Waals surface area contributed by atoms with Gasteiger partial charge in [0.1, 0.15) is 10.8 Å². The third kappa shape index (κ3) is 2.98. The van der Waals surface area contributed by atoms with Crippen molar-refractivity contribution in [3.05, 3.63) is 59.0 Å². The number of benzene rings is 1. The molecule has 0 spiro atoms. The monoisotopic (exact) mass is 330 g/mol. The lowest BCUT2D eigenvalue weighted by atomic mass is 10.1. The largest absolute Gasteiger partial charge is 0.497 e. The standard InChI is InChI=1S/C16H15ClN4O2/c1-10(11-4-6-12(23-2)7-5-11)19-16(22)14-13(17)15-18-8-3-9-21(15)20-14/h3-10H,1-2H3,(H,19,22)/t10-/m0/s1. The van der Waals surface area contributed by atoms with Crippen molar-refractivity contribution >= 4 is 23.2 Å². The summed E-state index contributed by atoms with van der Waals surface area (Å²) in [6.45, 7) is 1.89. The average molecular weight is 331 g/mol. The Morgan fingerprint density at radius 2 is 2.09 bits per heavy atom. The molecule has 1 amide bonds. The van der Waals surface area contributed by atoms with Gasteiger partial charge in [0, 0.05) is 12.4 Å². The minimum Gasteiger partial charge on any atom is -0.497 e. The van der Waals surface area contributed by atoms with Gasteiger partial charge in [0.25, 0.3) is 5.91 Å². The Morgan fingerprint density at radius 1 is 1.35 bits per heavy atom. The fourth-order valence-corrected chi connectivity index (χ4v) is 2.50. The van der Waals surface area contributed by atoms with E-state index in [2.05, 4.69) is 15.4 Å². The molecule has 1 atom stereocenters. The Morgan fingerprint density at radius 3 is 2.74 bits per heavy atom. The van der Waals surface area contributed by atoms with E-state index < -0.39 is 0 Å². The molecule has 0 saturated heterocycles. The molecule has 2 heterocycles. The minimum atomic E-state index is -0.344. The summed E-state index contributed by atoms with van der Waals surface area (Å²) in [4.78, 5) is 16.5. The van der Waals surface area contributed by atoms with E-state index in [1.54, 1.807) is 25.6 Å². The number of ether oxygens (including phenoxy) is 1. The summed E-state index contributed by atoms with van der Waals surface area (Å²) in [7, 11) is 1.61. The molecule has 3 aromatic rings. The number of fused-ring (bicyclic) bond motifs is 1. The van der Waals surface area contributed by atoms with Gasteiger partial charge in [0.2, 0.25) is 0 Å². The first-order chi connectivity index (χ1) is 11.1. The van der Waals surface area contributed by atoms with Gasteiger partial charge in [0.05, 0.1) is 13.2 Å². The van der Waals surface area contributed by atoms with Gasteiger partial charge >= 0.3 is 0 Å². The maximum atomic E-state index is 12.4. The molecule has 118 valence electrons. The molecule has 3 rings (SSSR count). The third-order valence-corrected chi connectivity index (χ3v) is 3.87. The number of carbonyl (C=O) groups is 1. The fraction of sp³-hybridized carbons (Fsp3) is 0.188. The molecule has 0 unspecified atom stereocenters. The van der Waals surface area contributed by atoms with Crippen LogP contribution in [0.25, 0.3) is 5.65 Å². The van der Waals surface area contributed by atoms with Crippen LogP contribution in [-0.2, 0) is 0 Å². The van der Waals surface area contributed by atoms with Gasteiger partial charge in [-0.3, -0.25) is 4.79 Å². The number of nitrogens with zero attached hydrogens (tertiary/aromatic N) is 3. The van der Waals surface area contributed by atoms with Crippen molar-refractivity contribution in [1.29, 1.82) is 0 Å². The molecule has 1 aromatic carbocycles. The fourth-order valence-electron chi connectivity index (χ4n) is 2.24. The van der Waals surface area contributed by atoms with Crippen LogP contribution in [-0.4, -0.2) is 27.6 Å². The van der Waals surface area contributed by atoms with Crippen LogP contribution in [0.2, 0.25) is 5.02 Å². The van der Waals surface area contributed by atoms with E-state index in [9.17, 15) is 4.79 Å². The van der Waals surface area contributed by atoms with Gasteiger partial charge in [-0.2, -0.15) is 5.10 Å². The molecule has 0 aliphatic heterocycles. The number of amides is 1. The van der Waals surface area contributed by atoms with E-state index in [-0.39, 0.29) is 22.7 Å². The molecule has 23 heavy (non-hydrogen) atoms. The maximum Gasteiger partial charge on any atom is 0.273 e. The van der Waals surface area contributed by atoms with Crippen LogP contribution in [0, 0.1) is 0 Å². The first-order valence-corrected chi connectivity index (χ1v) is 7.41. The minimum absolute atomic E-state index is 0.158. The van der Waals surface area contributed by atoms with Crippen LogP contribution in [0.15, 0.2) is 42.7 Å². The molecule has 0 saturated carbocycles. The third-order valence-electron chi connectivity index (χ3n) is 3.52. The van der Waals surface area contributed by atoms with Crippen LogP contribution in [0.3, 0.4) is 0 Å². The lowest BCUT2D eigenvalue weighted by Crippen LogP contribution is -2.27. The Hall–Kier alpha value is -2.60. The summed E-state index contributed by atoms with van der Waals surface area (Å²) >= 11 is 6.20. The number of hydrogen-bond acceptors (Lipinski definition) is 4. The van der Waals surface area contributed by atoms with E-state index in [1.165, 1.54) is 4.52 Å². The first kappa shape index (κ1) is 15.3. The van der Waals surface area contributed by atoms with Gasteiger partial charge < -0.3 is 10.1 Å². The summed E-state index contributed by atoms with van der Waals surface area (Å²) < 4.78 is 6.61. The molecule has 0 aliphatic carbocycles. The molecule has 1 N–H and O–H groups in total. The second kappa shape index (κ2) is 6.26. The van der Waals surface area contributed by atoms with Gasteiger partial charge in [-0.1, -0.05) is 23.7 Å². The second-order valence-corrected chi connectivity index (χ2v) is 5.40. The predicted octanol–water partition coefficient (Wildman–Crippen LogP) is 2.88. The normalized spacial score (nSPS) is 12.1. The average Bonchev–Trinajstić information content (AvgIpc) is 2.92. The number of methoxy groups -OCH3 is 1. The van der Waals surface area contributed by atoms with Gasteiger partial charge in [0.15, 0.2) is 11.3 Å². The SMILES string of the molecule is COc1ccc([C@H](C)NC(=O)c2nn3cccnc3c2Cl)cc1. The lowest BCUT2D eigenvalue weighted by molar-refractivity contribution is 0.0934. The highest BCUT2D eigenvalue weighted by Crippen LogP contribution is 2.22. The zero-order valence-corrected chi connectivity index (χ0v) is 13.4.